The summed E-state index contributed by atoms with van der Waals surface area (Å²) in [4.78, 5) is 25.5. The lowest BCUT2D eigenvalue weighted by molar-refractivity contribution is -0.116. The molecule has 8 heteroatoms. The number of aromatic amines is 1. The Morgan fingerprint density at radius 2 is 1.93 bits per heavy atom. The molecule has 1 aliphatic heterocycles. The molecule has 30 heavy (non-hydrogen) atoms. The van der Waals surface area contributed by atoms with Crippen LogP contribution in [0.4, 0.5) is 5.82 Å². The highest BCUT2D eigenvalue weighted by molar-refractivity contribution is 7.19. The number of aromatic nitrogens is 3. The first-order valence-electron chi connectivity index (χ1n) is 9.45. The number of fused-ring (bicyclic) bond motifs is 1. The minimum atomic E-state index is -0.829. The van der Waals surface area contributed by atoms with Gasteiger partial charge in [0.1, 0.15) is 17.7 Å². The summed E-state index contributed by atoms with van der Waals surface area (Å²) in [6.45, 7) is 0. The van der Waals surface area contributed by atoms with Gasteiger partial charge in [-0.1, -0.05) is 23.7 Å². The van der Waals surface area contributed by atoms with Gasteiger partial charge in [-0.2, -0.15) is 0 Å². The molecular formula is C22H17ClN4O2S. The minimum Gasteiger partial charge on any atom is -0.384 e. The number of imidazole rings is 1. The van der Waals surface area contributed by atoms with E-state index in [0.717, 1.165) is 32.0 Å². The molecule has 1 aliphatic rings. The van der Waals surface area contributed by atoms with Crippen molar-refractivity contribution in [3.8, 4) is 21.1 Å². The first kappa shape index (κ1) is 19.0. The number of halogens is 1. The smallest absolute Gasteiger partial charge is 0.225 e. The third kappa shape index (κ3) is 3.41. The van der Waals surface area contributed by atoms with Crippen LogP contribution in [0.1, 0.15) is 29.2 Å². The number of amides is 1. The van der Waals surface area contributed by atoms with E-state index in [2.05, 4.69) is 20.3 Å². The van der Waals surface area contributed by atoms with E-state index < -0.39 is 6.10 Å². The number of pyridine rings is 1. The van der Waals surface area contributed by atoms with Gasteiger partial charge in [-0.15, -0.1) is 11.3 Å². The fourth-order valence-electron chi connectivity index (χ4n) is 3.66. The molecular weight excluding hydrogens is 420 g/mol. The number of hydrogen-bond donors (Lipinski definition) is 3. The van der Waals surface area contributed by atoms with E-state index >= 15 is 0 Å². The zero-order valence-electron chi connectivity index (χ0n) is 15.7. The Bertz CT molecular complexity index is 1220. The van der Waals surface area contributed by atoms with E-state index in [1.807, 2.05) is 24.3 Å². The summed E-state index contributed by atoms with van der Waals surface area (Å²) < 4.78 is 0. The van der Waals surface area contributed by atoms with Crippen LogP contribution in [0, 0.1) is 0 Å². The lowest BCUT2D eigenvalue weighted by Crippen LogP contribution is -2.20. The summed E-state index contributed by atoms with van der Waals surface area (Å²) in [5.74, 6) is 1.29. The summed E-state index contributed by atoms with van der Waals surface area (Å²) in [5, 5.41) is 14.6. The highest BCUT2D eigenvalue weighted by Crippen LogP contribution is 2.43. The monoisotopic (exact) mass is 436 g/mol. The topological polar surface area (TPSA) is 90.9 Å². The zero-order chi connectivity index (χ0) is 20.7. The number of anilines is 1. The Kier molecular flexibility index (Phi) is 4.86. The summed E-state index contributed by atoms with van der Waals surface area (Å²) in [6.07, 6.45) is 5.38. The van der Waals surface area contributed by atoms with Crippen LogP contribution in [-0.4, -0.2) is 26.0 Å². The second-order valence-electron chi connectivity index (χ2n) is 7.02. The van der Waals surface area contributed by atoms with Gasteiger partial charge in [0.2, 0.25) is 5.91 Å². The molecule has 3 aromatic heterocycles. The van der Waals surface area contributed by atoms with Crippen LogP contribution in [0.2, 0.25) is 5.02 Å². The molecule has 1 unspecified atom stereocenters. The average Bonchev–Trinajstić information content (AvgIpc) is 3.43. The van der Waals surface area contributed by atoms with Gasteiger partial charge in [0.05, 0.1) is 4.88 Å². The van der Waals surface area contributed by atoms with Crippen molar-refractivity contribution in [2.24, 2.45) is 0 Å². The Morgan fingerprint density at radius 3 is 2.70 bits per heavy atom. The van der Waals surface area contributed by atoms with Crippen LogP contribution in [0.5, 0.6) is 0 Å². The van der Waals surface area contributed by atoms with Crippen LogP contribution in [0.3, 0.4) is 0 Å². The highest BCUT2D eigenvalue weighted by Gasteiger charge is 2.25. The summed E-state index contributed by atoms with van der Waals surface area (Å²) in [5.41, 5.74) is 3.53. The second kappa shape index (κ2) is 7.68. The molecule has 1 atom stereocenters. The molecule has 150 valence electrons. The van der Waals surface area contributed by atoms with E-state index in [4.69, 9.17) is 11.6 Å². The molecule has 5 rings (SSSR count). The van der Waals surface area contributed by atoms with E-state index in [-0.39, 0.29) is 5.91 Å². The molecule has 4 aromatic rings. The van der Waals surface area contributed by atoms with Gasteiger partial charge >= 0.3 is 0 Å². The molecule has 1 aromatic carbocycles. The van der Waals surface area contributed by atoms with Gasteiger partial charge in [-0.05, 0) is 36.2 Å². The van der Waals surface area contributed by atoms with Crippen molar-refractivity contribution in [3.05, 3.63) is 76.7 Å². The van der Waals surface area contributed by atoms with Gasteiger partial charge in [-0.3, -0.25) is 4.79 Å². The average molecular weight is 437 g/mol. The SMILES string of the molecule is O=C1CCc2c(-c3cc(C(O)c4ccc(Cl)cc4)c(-c4ncc[nH]4)s3)ccnc2N1. The molecule has 0 spiro atoms. The Labute approximate surface area is 181 Å². The van der Waals surface area contributed by atoms with Crippen molar-refractivity contribution in [2.75, 3.05) is 5.32 Å². The third-order valence-corrected chi connectivity index (χ3v) is 6.58. The Morgan fingerprint density at radius 1 is 1.10 bits per heavy atom. The van der Waals surface area contributed by atoms with Crippen LogP contribution in [0.15, 0.2) is 55.0 Å². The maximum absolute atomic E-state index is 11.8. The fraction of sp³-hybridized carbons (Fsp3) is 0.136. The van der Waals surface area contributed by atoms with Crippen molar-refractivity contribution in [3.63, 3.8) is 0 Å². The number of carbonyl (C=O) groups is 1. The number of aliphatic hydroxyl groups excluding tert-OH is 1. The molecule has 0 aliphatic carbocycles. The van der Waals surface area contributed by atoms with Crippen molar-refractivity contribution < 1.29 is 9.90 Å². The molecule has 0 saturated carbocycles. The number of benzene rings is 1. The number of hydrogen-bond acceptors (Lipinski definition) is 5. The minimum absolute atomic E-state index is 0.0200. The lowest BCUT2D eigenvalue weighted by atomic mass is 9.97. The van der Waals surface area contributed by atoms with Crippen LogP contribution >= 0.6 is 22.9 Å². The number of H-pyrrole nitrogens is 1. The number of aliphatic hydroxyl groups is 1. The number of thiophene rings is 1. The van der Waals surface area contributed by atoms with Gasteiger partial charge in [0, 0.05) is 51.6 Å². The Hall–Kier alpha value is -3.00. The zero-order valence-corrected chi connectivity index (χ0v) is 17.3. The second-order valence-corrected chi connectivity index (χ2v) is 8.51. The quantitative estimate of drug-likeness (QED) is 0.427. The van der Waals surface area contributed by atoms with Crippen molar-refractivity contribution in [1.82, 2.24) is 15.0 Å². The van der Waals surface area contributed by atoms with Gasteiger partial charge in [0.25, 0.3) is 0 Å². The van der Waals surface area contributed by atoms with Crippen LogP contribution < -0.4 is 5.32 Å². The molecule has 6 nitrogen and oxygen atoms in total. The van der Waals surface area contributed by atoms with Crippen molar-refractivity contribution in [1.29, 1.82) is 0 Å². The van der Waals surface area contributed by atoms with Gasteiger partial charge < -0.3 is 15.4 Å². The third-order valence-electron chi connectivity index (χ3n) is 5.14. The van der Waals surface area contributed by atoms with Crippen molar-refractivity contribution in [2.45, 2.75) is 18.9 Å². The first-order valence-corrected chi connectivity index (χ1v) is 10.6. The molecule has 0 bridgehead atoms. The number of nitrogens with one attached hydrogen (secondary N) is 2. The summed E-state index contributed by atoms with van der Waals surface area (Å²) in [7, 11) is 0. The van der Waals surface area contributed by atoms with E-state index in [9.17, 15) is 9.90 Å². The van der Waals surface area contributed by atoms with Gasteiger partial charge in [-0.25, -0.2) is 9.97 Å². The first-order chi connectivity index (χ1) is 14.6. The Balaban J connectivity index is 1.64. The molecule has 1 amide bonds. The molecule has 4 heterocycles. The van der Waals surface area contributed by atoms with E-state index in [1.54, 1.807) is 42.1 Å². The van der Waals surface area contributed by atoms with Crippen LogP contribution in [0.25, 0.3) is 21.1 Å². The molecule has 0 fully saturated rings. The van der Waals surface area contributed by atoms with E-state index in [1.165, 1.54) is 0 Å². The number of nitrogens with zero attached hydrogens (tertiary/aromatic N) is 2. The van der Waals surface area contributed by atoms with Crippen LogP contribution in [-0.2, 0) is 11.2 Å². The highest BCUT2D eigenvalue weighted by atomic mass is 35.5. The van der Waals surface area contributed by atoms with Gasteiger partial charge in [0.15, 0.2) is 0 Å². The normalized spacial score (nSPS) is 14.3. The molecule has 0 radical (unpaired) electrons. The van der Waals surface area contributed by atoms with E-state index in [0.29, 0.717) is 29.5 Å². The summed E-state index contributed by atoms with van der Waals surface area (Å²) in [6, 6.07) is 11.1. The largest absolute Gasteiger partial charge is 0.384 e. The number of rotatable bonds is 4. The predicted molar refractivity (Wildman–Crippen MR) is 118 cm³/mol. The summed E-state index contributed by atoms with van der Waals surface area (Å²) >= 11 is 7.56. The molecule has 0 saturated heterocycles. The lowest BCUT2D eigenvalue weighted by Gasteiger charge is -2.18. The predicted octanol–water partition coefficient (Wildman–Crippen LogP) is 4.82. The standard InChI is InChI=1S/C22H17ClN4O2S/c23-13-3-1-12(2-4-13)19(29)16-11-17(30-20(16)22-25-9-10-26-22)14-7-8-24-21-15(14)5-6-18(28)27-21/h1-4,7-11,19,29H,5-6H2,(H,25,26)(H,24,27,28). The number of carbonyl (C=O) groups excluding carboxylic acids is 1. The maximum atomic E-state index is 11.8. The molecule has 3 N–H and O–H groups in total. The van der Waals surface area contributed by atoms with Crippen molar-refractivity contribution >= 4 is 34.7 Å². The fourth-order valence-corrected chi connectivity index (χ4v) is 4.99. The maximum Gasteiger partial charge on any atom is 0.225 e.